The summed E-state index contributed by atoms with van der Waals surface area (Å²) in [7, 11) is 1.85. The van der Waals surface area contributed by atoms with Crippen LogP contribution < -0.4 is 5.32 Å². The molecule has 0 aromatic carbocycles. The van der Waals surface area contributed by atoms with Crippen LogP contribution in [0.25, 0.3) is 11.4 Å². The highest BCUT2D eigenvalue weighted by atomic mass is 16.5. The smallest absolute Gasteiger partial charge is 0.145 e. The zero-order valence-corrected chi connectivity index (χ0v) is 15.0. The van der Waals surface area contributed by atoms with Gasteiger partial charge in [0, 0.05) is 38.4 Å². The van der Waals surface area contributed by atoms with Gasteiger partial charge in [-0.1, -0.05) is 20.8 Å². The Morgan fingerprint density at radius 3 is 2.58 bits per heavy atom. The van der Waals surface area contributed by atoms with Gasteiger partial charge < -0.3 is 14.6 Å². The van der Waals surface area contributed by atoms with Gasteiger partial charge in [0.05, 0.1) is 12.4 Å². The van der Waals surface area contributed by atoms with Crippen LogP contribution in [0, 0.1) is 5.92 Å². The predicted molar refractivity (Wildman–Crippen MR) is 95.0 cm³/mol. The van der Waals surface area contributed by atoms with Crippen molar-refractivity contribution < 1.29 is 4.74 Å². The second-order valence-electron chi connectivity index (χ2n) is 7.45. The van der Waals surface area contributed by atoms with Crippen molar-refractivity contribution in [2.75, 3.05) is 25.6 Å². The van der Waals surface area contributed by atoms with E-state index in [1.807, 2.05) is 7.05 Å². The third-order valence-corrected chi connectivity index (χ3v) is 4.40. The Balaban J connectivity index is 1.93. The highest BCUT2D eigenvalue weighted by molar-refractivity contribution is 5.55. The lowest BCUT2D eigenvalue weighted by Crippen LogP contribution is -2.24. The van der Waals surface area contributed by atoms with Gasteiger partial charge in [-0.25, -0.2) is 9.97 Å². The van der Waals surface area contributed by atoms with Crippen LogP contribution in [0.1, 0.15) is 39.4 Å². The average molecular weight is 329 g/mol. The minimum absolute atomic E-state index is 0.0164. The predicted octanol–water partition coefficient (Wildman–Crippen LogP) is 3.11. The summed E-state index contributed by atoms with van der Waals surface area (Å²) < 4.78 is 7.79. The lowest BCUT2D eigenvalue weighted by molar-refractivity contribution is 0.0608. The normalized spacial score (nSPS) is 16.3. The molecule has 0 unspecified atom stereocenters. The molecule has 6 heteroatoms. The van der Waals surface area contributed by atoms with Gasteiger partial charge in [0.15, 0.2) is 0 Å². The molecule has 1 aliphatic rings. The molecule has 1 N–H and O–H groups in total. The van der Waals surface area contributed by atoms with E-state index in [0.717, 1.165) is 55.6 Å². The first kappa shape index (κ1) is 16.9. The van der Waals surface area contributed by atoms with Gasteiger partial charge in [-0.15, -0.1) is 0 Å². The molecule has 1 saturated heterocycles. The van der Waals surface area contributed by atoms with Gasteiger partial charge in [0.2, 0.25) is 0 Å². The zero-order valence-electron chi connectivity index (χ0n) is 15.0. The van der Waals surface area contributed by atoms with Crippen molar-refractivity contribution in [1.82, 2.24) is 19.5 Å². The van der Waals surface area contributed by atoms with E-state index in [9.17, 15) is 0 Å². The Hall–Kier alpha value is -1.95. The minimum atomic E-state index is -0.0164. The first-order chi connectivity index (χ1) is 11.5. The summed E-state index contributed by atoms with van der Waals surface area (Å²) in [4.78, 5) is 13.7. The van der Waals surface area contributed by atoms with Crippen LogP contribution in [0.15, 0.2) is 18.6 Å². The van der Waals surface area contributed by atoms with Crippen LogP contribution in [0.3, 0.4) is 0 Å². The van der Waals surface area contributed by atoms with Crippen molar-refractivity contribution in [2.24, 2.45) is 5.92 Å². The number of imidazole rings is 1. The molecule has 130 valence electrons. The summed E-state index contributed by atoms with van der Waals surface area (Å²) in [6, 6.07) is 0. The molecule has 1 fully saturated rings. The molecule has 2 aromatic heterocycles. The number of hydrogen-bond donors (Lipinski definition) is 1. The number of aromatic nitrogens is 4. The molecule has 0 saturated carbocycles. The molecule has 3 rings (SSSR count). The van der Waals surface area contributed by atoms with Crippen LogP contribution >= 0.6 is 0 Å². The Kier molecular flexibility index (Phi) is 4.85. The van der Waals surface area contributed by atoms with Gasteiger partial charge in [-0.2, -0.15) is 0 Å². The summed E-state index contributed by atoms with van der Waals surface area (Å²) in [5.41, 5.74) is 1.67. The molecule has 6 nitrogen and oxygen atoms in total. The standard InChI is InChI=1S/C18H27N5O/c1-18(2,3)17-22-15(14-9-20-10-16(19-4)21-14)12-23(17)11-13-5-7-24-8-6-13/h9-10,12-13H,5-8,11H2,1-4H3,(H,19,21). The summed E-state index contributed by atoms with van der Waals surface area (Å²) in [6.07, 6.45) is 7.85. The number of anilines is 1. The molecule has 0 aliphatic carbocycles. The maximum absolute atomic E-state index is 5.48. The number of nitrogens with zero attached hydrogens (tertiary/aromatic N) is 4. The molecule has 1 aliphatic heterocycles. The first-order valence-corrected chi connectivity index (χ1v) is 8.63. The summed E-state index contributed by atoms with van der Waals surface area (Å²) in [5.74, 6) is 2.50. The topological polar surface area (TPSA) is 64.9 Å². The third-order valence-electron chi connectivity index (χ3n) is 4.40. The van der Waals surface area contributed by atoms with Gasteiger partial charge >= 0.3 is 0 Å². The maximum Gasteiger partial charge on any atom is 0.145 e. The van der Waals surface area contributed by atoms with E-state index >= 15 is 0 Å². The number of rotatable bonds is 4. The van der Waals surface area contributed by atoms with Gasteiger partial charge in [-0.3, -0.25) is 4.98 Å². The quantitative estimate of drug-likeness (QED) is 0.934. The van der Waals surface area contributed by atoms with E-state index in [0.29, 0.717) is 5.92 Å². The maximum atomic E-state index is 5.48. The Labute approximate surface area is 143 Å². The fourth-order valence-electron chi connectivity index (χ4n) is 3.09. The molecule has 0 spiro atoms. The van der Waals surface area contributed by atoms with Crippen molar-refractivity contribution in [3.63, 3.8) is 0 Å². The van der Waals surface area contributed by atoms with E-state index in [1.54, 1.807) is 12.4 Å². The Morgan fingerprint density at radius 2 is 1.92 bits per heavy atom. The van der Waals surface area contributed by atoms with Crippen molar-refractivity contribution in [1.29, 1.82) is 0 Å². The average Bonchev–Trinajstić information content (AvgIpc) is 3.00. The van der Waals surface area contributed by atoms with E-state index < -0.39 is 0 Å². The zero-order chi connectivity index (χ0) is 17.2. The van der Waals surface area contributed by atoms with E-state index in [2.05, 4.69) is 46.8 Å². The first-order valence-electron chi connectivity index (χ1n) is 8.63. The van der Waals surface area contributed by atoms with Crippen LogP contribution in [-0.2, 0) is 16.7 Å². The van der Waals surface area contributed by atoms with Crippen molar-refractivity contribution in [2.45, 2.75) is 45.6 Å². The third kappa shape index (κ3) is 3.75. The molecule has 3 heterocycles. The molecule has 0 amide bonds. The Morgan fingerprint density at radius 1 is 1.17 bits per heavy atom. The Bertz CT molecular complexity index is 683. The molecule has 0 radical (unpaired) electrons. The number of ether oxygens (including phenoxy) is 1. The van der Waals surface area contributed by atoms with Crippen LogP contribution in [0.4, 0.5) is 5.82 Å². The second kappa shape index (κ2) is 6.89. The van der Waals surface area contributed by atoms with Gasteiger partial charge in [0.1, 0.15) is 23.0 Å². The second-order valence-corrected chi connectivity index (χ2v) is 7.45. The van der Waals surface area contributed by atoms with E-state index in [4.69, 9.17) is 9.72 Å². The molecule has 2 aromatic rings. The number of nitrogens with one attached hydrogen (secondary N) is 1. The molecule has 0 bridgehead atoms. The lowest BCUT2D eigenvalue weighted by Gasteiger charge is -2.25. The minimum Gasteiger partial charge on any atom is -0.381 e. The highest BCUT2D eigenvalue weighted by Gasteiger charge is 2.25. The van der Waals surface area contributed by atoms with E-state index in [1.165, 1.54) is 0 Å². The summed E-state index contributed by atoms with van der Waals surface area (Å²) in [6.45, 7) is 9.33. The monoisotopic (exact) mass is 329 g/mol. The van der Waals surface area contributed by atoms with Gasteiger partial charge in [0.25, 0.3) is 0 Å². The number of hydrogen-bond acceptors (Lipinski definition) is 5. The summed E-state index contributed by atoms with van der Waals surface area (Å²) in [5, 5.41) is 3.03. The molecular weight excluding hydrogens is 302 g/mol. The van der Waals surface area contributed by atoms with Crippen LogP contribution in [0.5, 0.6) is 0 Å². The van der Waals surface area contributed by atoms with Crippen LogP contribution in [0.2, 0.25) is 0 Å². The van der Waals surface area contributed by atoms with Gasteiger partial charge in [-0.05, 0) is 18.8 Å². The van der Waals surface area contributed by atoms with Crippen molar-refractivity contribution in [3.05, 3.63) is 24.4 Å². The SMILES string of the molecule is CNc1cncc(-c2cn(CC3CCOCC3)c(C(C)(C)C)n2)n1. The molecular formula is C18H27N5O. The largest absolute Gasteiger partial charge is 0.381 e. The fraction of sp³-hybridized carbons (Fsp3) is 0.611. The fourth-order valence-corrected chi connectivity index (χ4v) is 3.09. The van der Waals surface area contributed by atoms with Crippen molar-refractivity contribution >= 4 is 5.82 Å². The summed E-state index contributed by atoms with van der Waals surface area (Å²) >= 11 is 0. The van der Waals surface area contributed by atoms with E-state index in [-0.39, 0.29) is 5.41 Å². The molecule has 24 heavy (non-hydrogen) atoms. The van der Waals surface area contributed by atoms with Crippen LogP contribution in [-0.4, -0.2) is 39.8 Å². The molecule has 0 atom stereocenters. The highest BCUT2D eigenvalue weighted by Crippen LogP contribution is 2.28. The van der Waals surface area contributed by atoms with Crippen molar-refractivity contribution in [3.8, 4) is 11.4 Å². The lowest BCUT2D eigenvalue weighted by atomic mass is 9.94.